The minimum atomic E-state index is 0.214. The predicted octanol–water partition coefficient (Wildman–Crippen LogP) is 4.07. The van der Waals surface area contributed by atoms with Crippen LogP contribution in [0.1, 0.15) is 37.0 Å². The molecule has 1 aromatic carbocycles. The molecule has 2 heteroatoms. The summed E-state index contributed by atoms with van der Waals surface area (Å²) in [4.78, 5) is 0. The molecule has 118 valence electrons. The van der Waals surface area contributed by atoms with E-state index in [2.05, 4.69) is 72.4 Å². The van der Waals surface area contributed by atoms with Gasteiger partial charge in [-0.05, 0) is 31.7 Å². The number of aromatic nitrogens is 1. The number of nitrogens with zero attached hydrogens (tertiary/aromatic N) is 1. The third-order valence-corrected chi connectivity index (χ3v) is 5.24. The molecule has 23 heavy (non-hydrogen) atoms. The van der Waals surface area contributed by atoms with Crippen molar-refractivity contribution in [1.29, 1.82) is 0 Å². The van der Waals surface area contributed by atoms with E-state index < -0.39 is 0 Å². The van der Waals surface area contributed by atoms with E-state index in [1.807, 2.05) is 0 Å². The maximum Gasteiger partial charge on any atom is 0.174 e. The predicted molar refractivity (Wildman–Crippen MR) is 90.8 cm³/mol. The Morgan fingerprint density at radius 2 is 2.00 bits per heavy atom. The fourth-order valence-electron chi connectivity index (χ4n) is 3.93. The van der Waals surface area contributed by atoms with E-state index in [0.717, 1.165) is 19.1 Å². The molecule has 3 atom stereocenters. The van der Waals surface area contributed by atoms with Crippen LogP contribution in [0.3, 0.4) is 0 Å². The van der Waals surface area contributed by atoms with Gasteiger partial charge in [0, 0.05) is 23.1 Å². The fraction of sp³-hybridized carbons (Fsp3) is 0.381. The third kappa shape index (κ3) is 3.09. The van der Waals surface area contributed by atoms with E-state index in [1.165, 1.54) is 29.5 Å². The zero-order chi connectivity index (χ0) is 15.6. The van der Waals surface area contributed by atoms with E-state index in [9.17, 15) is 0 Å². The van der Waals surface area contributed by atoms with Crippen LogP contribution in [-0.4, -0.2) is 6.61 Å². The van der Waals surface area contributed by atoms with Crippen LogP contribution in [0, 0.1) is 11.8 Å². The summed E-state index contributed by atoms with van der Waals surface area (Å²) < 4.78 is 8.52. The fourth-order valence-corrected chi connectivity index (χ4v) is 3.93. The second-order valence-corrected chi connectivity index (χ2v) is 6.94. The number of hydrogen-bond donors (Lipinski definition) is 0. The summed E-state index contributed by atoms with van der Waals surface area (Å²) in [5, 5.41) is 0. The monoisotopic (exact) mass is 306 g/mol. The summed E-state index contributed by atoms with van der Waals surface area (Å²) in [5.41, 5.74) is 4.14. The van der Waals surface area contributed by atoms with E-state index >= 15 is 0 Å². The lowest BCUT2D eigenvalue weighted by atomic mass is 9.75. The second-order valence-electron chi connectivity index (χ2n) is 6.94. The maximum atomic E-state index is 6.25. The normalized spacial score (nSPS) is 26.7. The zero-order valence-electron chi connectivity index (χ0n) is 13.7. The molecule has 0 radical (unpaired) electrons. The first-order chi connectivity index (χ1) is 11.3. The van der Waals surface area contributed by atoms with Crippen LogP contribution in [0.5, 0.6) is 0 Å². The standard InChI is InChI=1S/C21H24NO/c1-16-9-10-18-12-20(16)21(23-15-18)19-8-5-11-22(14-19)13-17-6-3-2-4-7-17/h2-9,11,14,18,20-21H,10,12-13,15H2,1H3/q+1/t18-,20-,21?/m1/s1. The Hall–Kier alpha value is -1.93. The molecule has 0 amide bonds. The first-order valence-corrected chi connectivity index (χ1v) is 8.61. The largest absolute Gasteiger partial charge is 0.372 e. The summed E-state index contributed by atoms with van der Waals surface area (Å²) in [5.74, 6) is 1.27. The summed E-state index contributed by atoms with van der Waals surface area (Å²) >= 11 is 0. The highest BCUT2D eigenvalue weighted by atomic mass is 16.5. The Labute approximate surface area is 138 Å². The van der Waals surface area contributed by atoms with Crippen molar-refractivity contribution in [2.75, 3.05) is 6.61 Å². The van der Waals surface area contributed by atoms with Gasteiger partial charge in [-0.25, -0.2) is 4.57 Å². The van der Waals surface area contributed by atoms with Crippen LogP contribution in [0.4, 0.5) is 0 Å². The summed E-state index contributed by atoms with van der Waals surface area (Å²) in [6, 6.07) is 15.0. The molecule has 1 aliphatic carbocycles. The Balaban J connectivity index is 1.58. The molecule has 1 saturated heterocycles. The maximum absolute atomic E-state index is 6.25. The first kappa shape index (κ1) is 14.6. The number of benzene rings is 1. The molecule has 2 bridgehead atoms. The van der Waals surface area contributed by atoms with Gasteiger partial charge in [0.2, 0.25) is 0 Å². The van der Waals surface area contributed by atoms with Crippen molar-refractivity contribution in [3.8, 4) is 0 Å². The van der Waals surface area contributed by atoms with Crippen LogP contribution < -0.4 is 4.57 Å². The molecular formula is C21H24NO+. The summed E-state index contributed by atoms with van der Waals surface area (Å²) in [6.07, 6.45) is 9.52. The van der Waals surface area contributed by atoms with Crippen molar-refractivity contribution >= 4 is 0 Å². The molecule has 0 N–H and O–H groups in total. The molecule has 2 aromatic rings. The molecule has 0 spiro atoms. The van der Waals surface area contributed by atoms with E-state index in [-0.39, 0.29) is 6.10 Å². The van der Waals surface area contributed by atoms with Gasteiger partial charge < -0.3 is 4.74 Å². The Morgan fingerprint density at radius 1 is 1.13 bits per heavy atom. The van der Waals surface area contributed by atoms with Gasteiger partial charge >= 0.3 is 0 Å². The summed E-state index contributed by atoms with van der Waals surface area (Å²) in [7, 11) is 0. The molecule has 1 unspecified atom stereocenters. The van der Waals surface area contributed by atoms with Crippen molar-refractivity contribution in [2.24, 2.45) is 11.8 Å². The first-order valence-electron chi connectivity index (χ1n) is 8.61. The lowest BCUT2D eigenvalue weighted by Gasteiger charge is -2.39. The molecule has 1 aromatic heterocycles. The van der Waals surface area contributed by atoms with Gasteiger partial charge in [-0.1, -0.05) is 42.0 Å². The Morgan fingerprint density at radius 3 is 2.87 bits per heavy atom. The van der Waals surface area contributed by atoms with Crippen LogP contribution >= 0.6 is 0 Å². The van der Waals surface area contributed by atoms with Crippen LogP contribution in [0.15, 0.2) is 66.5 Å². The quantitative estimate of drug-likeness (QED) is 0.615. The Bertz CT molecular complexity index is 707. The minimum absolute atomic E-state index is 0.214. The molecule has 1 aliphatic heterocycles. The minimum Gasteiger partial charge on any atom is -0.372 e. The van der Waals surface area contributed by atoms with Gasteiger partial charge in [0.05, 0.1) is 12.7 Å². The molecule has 2 aliphatic rings. The molecular weight excluding hydrogens is 282 g/mol. The highest BCUT2D eigenvalue weighted by Crippen LogP contribution is 2.43. The molecule has 2 heterocycles. The summed E-state index contributed by atoms with van der Waals surface area (Å²) in [6.45, 7) is 4.07. The number of fused-ring (bicyclic) bond motifs is 2. The highest BCUT2D eigenvalue weighted by molar-refractivity contribution is 5.20. The van der Waals surface area contributed by atoms with Gasteiger partial charge in [0.25, 0.3) is 0 Å². The number of rotatable bonds is 3. The lowest BCUT2D eigenvalue weighted by molar-refractivity contribution is -0.689. The van der Waals surface area contributed by atoms with Crippen LogP contribution in [0.2, 0.25) is 0 Å². The average Bonchev–Trinajstić information content (AvgIpc) is 2.60. The van der Waals surface area contributed by atoms with Gasteiger partial charge in [0.15, 0.2) is 18.9 Å². The van der Waals surface area contributed by atoms with Gasteiger partial charge in [0.1, 0.15) is 0 Å². The SMILES string of the molecule is CC1=CC[C@H]2COC(c3ccc[n+](Cc4ccccc4)c3)[C@@H]1C2. The average molecular weight is 306 g/mol. The van der Waals surface area contributed by atoms with E-state index in [4.69, 9.17) is 4.74 Å². The smallest absolute Gasteiger partial charge is 0.174 e. The van der Waals surface area contributed by atoms with Gasteiger partial charge in [-0.15, -0.1) is 0 Å². The van der Waals surface area contributed by atoms with Gasteiger partial charge in [-0.2, -0.15) is 0 Å². The van der Waals surface area contributed by atoms with Crippen molar-refractivity contribution in [2.45, 2.75) is 32.4 Å². The third-order valence-electron chi connectivity index (χ3n) is 5.24. The topological polar surface area (TPSA) is 13.1 Å². The Kier molecular flexibility index (Phi) is 4.00. The van der Waals surface area contributed by atoms with Crippen molar-refractivity contribution < 1.29 is 9.30 Å². The molecule has 2 nitrogen and oxygen atoms in total. The van der Waals surface area contributed by atoms with Crippen molar-refractivity contribution in [1.82, 2.24) is 0 Å². The second kappa shape index (κ2) is 6.29. The number of hydrogen-bond acceptors (Lipinski definition) is 1. The molecule has 0 saturated carbocycles. The number of ether oxygens (including phenoxy) is 1. The highest BCUT2D eigenvalue weighted by Gasteiger charge is 2.36. The van der Waals surface area contributed by atoms with Crippen molar-refractivity contribution in [3.05, 3.63) is 77.6 Å². The molecule has 1 fully saturated rings. The lowest BCUT2D eigenvalue weighted by Crippen LogP contribution is -2.37. The molecule has 4 rings (SSSR count). The van der Waals surface area contributed by atoms with Crippen LogP contribution in [0.25, 0.3) is 0 Å². The van der Waals surface area contributed by atoms with E-state index in [1.54, 1.807) is 0 Å². The van der Waals surface area contributed by atoms with Gasteiger partial charge in [-0.3, -0.25) is 0 Å². The zero-order valence-corrected chi connectivity index (χ0v) is 13.7. The van der Waals surface area contributed by atoms with Crippen molar-refractivity contribution in [3.63, 3.8) is 0 Å². The van der Waals surface area contributed by atoms with Crippen LogP contribution in [-0.2, 0) is 11.3 Å². The number of allylic oxidation sites excluding steroid dienone is 1. The van der Waals surface area contributed by atoms with E-state index in [0.29, 0.717) is 5.92 Å². The number of pyridine rings is 1.